The molecule has 6 rings (SSSR count). The van der Waals surface area contributed by atoms with Gasteiger partial charge in [-0.1, -0.05) is 95.1 Å². The quantitative estimate of drug-likeness (QED) is 0.275. The van der Waals surface area contributed by atoms with E-state index in [0.29, 0.717) is 0 Å². The summed E-state index contributed by atoms with van der Waals surface area (Å²) in [7, 11) is 0. The molecule has 1 heterocycles. The zero-order chi connectivity index (χ0) is 26.5. The maximum absolute atomic E-state index is 2.70. The van der Waals surface area contributed by atoms with Gasteiger partial charge in [0.2, 0.25) is 0 Å². The van der Waals surface area contributed by atoms with E-state index in [4.69, 9.17) is 0 Å². The molecule has 0 N–H and O–H groups in total. The summed E-state index contributed by atoms with van der Waals surface area (Å²) in [6.07, 6.45) is 5.03. The Hall–Kier alpha value is -3.52. The number of benzene rings is 4. The van der Waals surface area contributed by atoms with E-state index in [9.17, 15) is 0 Å². The van der Waals surface area contributed by atoms with Gasteiger partial charge in [-0.2, -0.15) is 0 Å². The summed E-state index contributed by atoms with van der Waals surface area (Å²) in [6.45, 7) is 12.0. The largest absolute Gasteiger partial charge is 0.334 e. The summed E-state index contributed by atoms with van der Waals surface area (Å²) < 4.78 is 0. The molecule has 2 atom stereocenters. The molecule has 0 saturated heterocycles. The van der Waals surface area contributed by atoms with Gasteiger partial charge in [0.15, 0.2) is 0 Å². The first-order valence-corrected chi connectivity index (χ1v) is 14.2. The van der Waals surface area contributed by atoms with Crippen LogP contribution in [0.15, 0.2) is 103 Å². The van der Waals surface area contributed by atoms with Crippen molar-refractivity contribution in [1.82, 2.24) is 0 Å². The molecule has 2 nitrogen and oxygen atoms in total. The monoisotopic (exact) mass is 500 g/mol. The number of para-hydroxylation sites is 3. The smallest absolute Gasteiger partial charge is 0.0517 e. The van der Waals surface area contributed by atoms with E-state index >= 15 is 0 Å². The molecule has 2 aliphatic rings. The van der Waals surface area contributed by atoms with Gasteiger partial charge in [-0.3, -0.25) is 0 Å². The van der Waals surface area contributed by atoms with Crippen LogP contribution in [0.2, 0.25) is 0 Å². The van der Waals surface area contributed by atoms with E-state index in [1.807, 2.05) is 0 Å². The van der Waals surface area contributed by atoms with E-state index in [1.165, 1.54) is 65.2 Å². The minimum atomic E-state index is 0.0137. The van der Waals surface area contributed by atoms with Crippen LogP contribution in [0.25, 0.3) is 0 Å². The highest BCUT2D eigenvalue weighted by atomic mass is 15.3. The lowest BCUT2D eigenvalue weighted by Crippen LogP contribution is -2.54. The van der Waals surface area contributed by atoms with Crippen molar-refractivity contribution in [3.63, 3.8) is 0 Å². The van der Waals surface area contributed by atoms with Gasteiger partial charge in [0.25, 0.3) is 0 Å². The number of anilines is 5. The van der Waals surface area contributed by atoms with E-state index in [0.717, 1.165) is 0 Å². The van der Waals surface area contributed by atoms with Gasteiger partial charge in [0.05, 0.1) is 5.54 Å². The molecule has 0 aromatic heterocycles. The minimum Gasteiger partial charge on any atom is -0.334 e. The molecule has 1 aliphatic heterocycles. The molecule has 1 aliphatic carbocycles. The average molecular weight is 501 g/mol. The summed E-state index contributed by atoms with van der Waals surface area (Å²) in [5.41, 5.74) is 9.27. The van der Waals surface area contributed by atoms with Crippen LogP contribution < -0.4 is 9.80 Å². The highest BCUT2D eigenvalue weighted by molar-refractivity contribution is 5.83. The lowest BCUT2D eigenvalue weighted by atomic mass is 9.61. The number of nitrogens with zero attached hydrogens (tertiary/aromatic N) is 2. The van der Waals surface area contributed by atoms with E-state index in [2.05, 4.69) is 148 Å². The number of hydrogen-bond acceptors (Lipinski definition) is 2. The molecule has 1 fully saturated rings. The summed E-state index contributed by atoms with van der Waals surface area (Å²) in [4.78, 5) is 5.11. The van der Waals surface area contributed by atoms with Crippen molar-refractivity contribution in [2.45, 2.75) is 76.7 Å². The standard InChI is InChI=1S/C36H40N2/c1-34(2,3)27-24-30(37(28-16-8-6-9-17-28)29-18-10-7-11-19-29)26-31(25-27)38-33-21-13-12-20-32(33)35(4)22-14-15-23-36(35,38)5/h6-13,16-21,24-26H,14-15,22-23H2,1-5H3. The van der Waals surface area contributed by atoms with Crippen molar-refractivity contribution in [3.05, 3.63) is 114 Å². The second-order valence-corrected chi connectivity index (χ2v) is 12.7. The second-order valence-electron chi connectivity index (χ2n) is 12.7. The minimum absolute atomic E-state index is 0.0137. The molecular weight excluding hydrogens is 460 g/mol. The van der Waals surface area contributed by atoms with E-state index in [-0.39, 0.29) is 16.4 Å². The normalized spacial score (nSPS) is 22.6. The highest BCUT2D eigenvalue weighted by Gasteiger charge is 2.57. The third-order valence-corrected chi connectivity index (χ3v) is 9.33. The first-order chi connectivity index (χ1) is 18.2. The van der Waals surface area contributed by atoms with Gasteiger partial charge < -0.3 is 9.80 Å². The van der Waals surface area contributed by atoms with Crippen LogP contribution in [0, 0.1) is 0 Å². The van der Waals surface area contributed by atoms with Gasteiger partial charge in [-0.15, -0.1) is 0 Å². The Bertz CT molecular complexity index is 1400. The Balaban J connectivity index is 1.60. The van der Waals surface area contributed by atoms with Crippen LogP contribution in [0.3, 0.4) is 0 Å². The van der Waals surface area contributed by atoms with Crippen LogP contribution in [0.4, 0.5) is 28.4 Å². The third-order valence-electron chi connectivity index (χ3n) is 9.33. The van der Waals surface area contributed by atoms with Gasteiger partial charge in [-0.05, 0) is 84.8 Å². The van der Waals surface area contributed by atoms with Gasteiger partial charge in [0.1, 0.15) is 0 Å². The average Bonchev–Trinajstić information content (AvgIpc) is 3.13. The Kier molecular flexibility index (Phi) is 5.90. The summed E-state index contributed by atoms with van der Waals surface area (Å²) in [5.74, 6) is 0. The number of rotatable bonds is 4. The third kappa shape index (κ3) is 3.85. The number of hydrogen-bond donors (Lipinski definition) is 0. The Morgan fingerprint density at radius 3 is 1.87 bits per heavy atom. The molecule has 0 radical (unpaired) electrons. The van der Waals surface area contributed by atoms with Crippen molar-refractivity contribution in [1.29, 1.82) is 0 Å². The molecule has 4 aromatic carbocycles. The summed E-state index contributed by atoms with van der Waals surface area (Å²) in [5, 5.41) is 0. The van der Waals surface area contributed by atoms with Crippen molar-refractivity contribution in [3.8, 4) is 0 Å². The Morgan fingerprint density at radius 1 is 0.658 bits per heavy atom. The van der Waals surface area contributed by atoms with Gasteiger partial charge in [0, 0.05) is 33.9 Å². The summed E-state index contributed by atoms with van der Waals surface area (Å²) >= 11 is 0. The molecule has 38 heavy (non-hydrogen) atoms. The molecule has 194 valence electrons. The number of fused-ring (bicyclic) bond motifs is 3. The molecule has 0 spiro atoms. The summed E-state index contributed by atoms with van der Waals surface area (Å²) in [6, 6.07) is 38.0. The van der Waals surface area contributed by atoms with Gasteiger partial charge >= 0.3 is 0 Å². The predicted octanol–water partition coefficient (Wildman–Crippen LogP) is 10.2. The zero-order valence-corrected chi connectivity index (χ0v) is 23.5. The SMILES string of the molecule is CC(C)(C)c1cc(N(c2ccccc2)c2ccccc2)cc(N2c3ccccc3C3(C)CCCCC23C)c1. The van der Waals surface area contributed by atoms with Crippen LogP contribution in [0.5, 0.6) is 0 Å². The van der Waals surface area contributed by atoms with E-state index < -0.39 is 0 Å². The lowest BCUT2D eigenvalue weighted by molar-refractivity contribution is 0.195. The van der Waals surface area contributed by atoms with Crippen LogP contribution in [-0.4, -0.2) is 5.54 Å². The maximum atomic E-state index is 2.70. The second kappa shape index (κ2) is 9.05. The molecular formula is C36H40N2. The first-order valence-electron chi connectivity index (χ1n) is 14.2. The molecule has 0 amide bonds. The fraction of sp³-hybridized carbons (Fsp3) is 0.333. The van der Waals surface area contributed by atoms with Gasteiger partial charge in [-0.25, -0.2) is 0 Å². The van der Waals surface area contributed by atoms with Crippen LogP contribution >= 0.6 is 0 Å². The first kappa shape index (κ1) is 24.8. The fourth-order valence-corrected chi connectivity index (χ4v) is 6.99. The molecule has 2 heteroatoms. The van der Waals surface area contributed by atoms with Crippen LogP contribution in [-0.2, 0) is 10.8 Å². The van der Waals surface area contributed by atoms with E-state index in [1.54, 1.807) is 0 Å². The van der Waals surface area contributed by atoms with Crippen LogP contribution in [0.1, 0.15) is 71.4 Å². The maximum Gasteiger partial charge on any atom is 0.0517 e. The zero-order valence-electron chi connectivity index (χ0n) is 23.5. The van der Waals surface area contributed by atoms with Crippen molar-refractivity contribution < 1.29 is 0 Å². The predicted molar refractivity (Wildman–Crippen MR) is 163 cm³/mol. The Labute approximate surface area is 228 Å². The Morgan fingerprint density at radius 2 is 1.24 bits per heavy atom. The molecule has 2 unspecified atom stereocenters. The van der Waals surface area contributed by atoms with Crippen molar-refractivity contribution >= 4 is 28.4 Å². The van der Waals surface area contributed by atoms with Crippen molar-refractivity contribution in [2.75, 3.05) is 9.80 Å². The molecule has 0 bridgehead atoms. The van der Waals surface area contributed by atoms with Crippen molar-refractivity contribution in [2.24, 2.45) is 0 Å². The lowest BCUT2D eigenvalue weighted by Gasteiger charge is -2.50. The topological polar surface area (TPSA) is 6.48 Å². The highest BCUT2D eigenvalue weighted by Crippen LogP contribution is 2.61. The molecule has 4 aromatic rings. The molecule has 1 saturated carbocycles. The fourth-order valence-electron chi connectivity index (χ4n) is 6.99.